The van der Waals surface area contributed by atoms with Crippen molar-refractivity contribution < 1.29 is 27.9 Å². The van der Waals surface area contributed by atoms with E-state index in [0.717, 1.165) is 12.1 Å². The van der Waals surface area contributed by atoms with Gasteiger partial charge in [-0.05, 0) is 18.2 Å². The third-order valence-corrected chi connectivity index (χ3v) is 3.73. The normalized spacial score (nSPS) is 15.9. The van der Waals surface area contributed by atoms with Gasteiger partial charge in [-0.3, -0.25) is 9.59 Å². The molecule has 1 fully saturated rings. The van der Waals surface area contributed by atoms with Crippen LogP contribution >= 0.6 is 15.9 Å². The minimum absolute atomic E-state index is 0.0194. The van der Waals surface area contributed by atoms with Crippen molar-refractivity contribution in [1.82, 2.24) is 4.90 Å². The van der Waals surface area contributed by atoms with Crippen molar-refractivity contribution in [2.24, 2.45) is 5.92 Å². The maximum atomic E-state index is 12.7. The quantitative estimate of drug-likeness (QED) is 0.890. The number of alkyl halides is 3. The molecule has 8 heteroatoms. The SMILES string of the molecule is O=C(O)C1CN(C(=O)c2ccc(Br)c(C(F)(F)F)c2)C1. The van der Waals surface area contributed by atoms with E-state index >= 15 is 0 Å². The Morgan fingerprint density at radius 2 is 1.90 bits per heavy atom. The van der Waals surface area contributed by atoms with Gasteiger partial charge in [0.05, 0.1) is 11.5 Å². The molecule has 20 heavy (non-hydrogen) atoms. The van der Waals surface area contributed by atoms with Crippen molar-refractivity contribution >= 4 is 27.8 Å². The number of rotatable bonds is 2. The highest BCUT2D eigenvalue weighted by molar-refractivity contribution is 9.10. The van der Waals surface area contributed by atoms with Gasteiger partial charge in [-0.1, -0.05) is 15.9 Å². The standard InChI is InChI=1S/C12H9BrF3NO3/c13-9-2-1-6(3-8(9)12(14,15)16)10(18)17-4-7(5-17)11(19)20/h1-3,7H,4-5H2,(H,19,20). The Bertz CT molecular complexity index is 568. The maximum absolute atomic E-state index is 12.7. The fraction of sp³-hybridized carbons (Fsp3) is 0.333. The zero-order chi connectivity index (χ0) is 15.1. The second-order valence-corrected chi connectivity index (χ2v) is 5.29. The summed E-state index contributed by atoms with van der Waals surface area (Å²) in [6, 6.07) is 3.20. The molecule has 0 radical (unpaired) electrons. The van der Waals surface area contributed by atoms with E-state index in [1.807, 2.05) is 0 Å². The van der Waals surface area contributed by atoms with E-state index in [0.29, 0.717) is 0 Å². The largest absolute Gasteiger partial charge is 0.481 e. The Labute approximate surface area is 120 Å². The fourth-order valence-corrected chi connectivity index (χ4v) is 2.33. The summed E-state index contributed by atoms with van der Waals surface area (Å²) in [7, 11) is 0. The van der Waals surface area contributed by atoms with Crippen LogP contribution in [0.25, 0.3) is 0 Å². The van der Waals surface area contributed by atoms with Crippen LogP contribution in [0.3, 0.4) is 0 Å². The molecule has 108 valence electrons. The molecular formula is C12H9BrF3NO3. The number of carbonyl (C=O) groups excluding carboxylic acids is 1. The molecule has 0 unspecified atom stereocenters. The first-order chi connectivity index (χ1) is 9.20. The monoisotopic (exact) mass is 351 g/mol. The number of halogens is 4. The van der Waals surface area contributed by atoms with Crippen LogP contribution in [0, 0.1) is 5.92 Å². The number of likely N-dealkylation sites (tertiary alicyclic amines) is 1. The molecule has 0 spiro atoms. The van der Waals surface area contributed by atoms with Crippen LogP contribution < -0.4 is 0 Å². The van der Waals surface area contributed by atoms with E-state index in [1.165, 1.54) is 11.0 Å². The van der Waals surface area contributed by atoms with Crippen LogP contribution in [-0.4, -0.2) is 35.0 Å². The summed E-state index contributed by atoms with van der Waals surface area (Å²) in [5, 5.41) is 8.70. The molecule has 1 aliphatic rings. The number of nitrogens with zero attached hydrogens (tertiary/aromatic N) is 1. The average Bonchev–Trinajstić information content (AvgIpc) is 2.25. The van der Waals surface area contributed by atoms with Gasteiger partial charge >= 0.3 is 12.1 Å². The van der Waals surface area contributed by atoms with Crippen LogP contribution in [0.1, 0.15) is 15.9 Å². The second-order valence-electron chi connectivity index (χ2n) is 4.44. The third-order valence-electron chi connectivity index (χ3n) is 3.04. The van der Waals surface area contributed by atoms with Gasteiger partial charge in [0.1, 0.15) is 0 Å². The van der Waals surface area contributed by atoms with Crippen LogP contribution in [0.2, 0.25) is 0 Å². The van der Waals surface area contributed by atoms with E-state index in [9.17, 15) is 22.8 Å². The summed E-state index contributed by atoms with van der Waals surface area (Å²) >= 11 is 2.79. The summed E-state index contributed by atoms with van der Waals surface area (Å²) in [5.74, 6) is -2.25. The van der Waals surface area contributed by atoms with Crippen LogP contribution in [0.5, 0.6) is 0 Å². The fourth-order valence-electron chi connectivity index (χ4n) is 1.86. The predicted molar refractivity (Wildman–Crippen MR) is 66.2 cm³/mol. The first-order valence-corrected chi connectivity index (χ1v) is 6.38. The topological polar surface area (TPSA) is 57.6 Å². The number of hydrogen-bond acceptors (Lipinski definition) is 2. The molecule has 2 rings (SSSR count). The summed E-state index contributed by atoms with van der Waals surface area (Å²) in [4.78, 5) is 23.8. The first kappa shape index (κ1) is 14.8. The summed E-state index contributed by atoms with van der Waals surface area (Å²) in [5.41, 5.74) is -1.04. The molecule has 1 amide bonds. The minimum atomic E-state index is -4.56. The smallest absolute Gasteiger partial charge is 0.417 e. The van der Waals surface area contributed by atoms with Crippen LogP contribution in [0.4, 0.5) is 13.2 Å². The van der Waals surface area contributed by atoms with Crippen molar-refractivity contribution in [1.29, 1.82) is 0 Å². The molecule has 0 bridgehead atoms. The zero-order valence-electron chi connectivity index (χ0n) is 9.95. The Morgan fingerprint density at radius 3 is 2.40 bits per heavy atom. The molecule has 0 atom stereocenters. The molecule has 1 aromatic carbocycles. The highest BCUT2D eigenvalue weighted by Gasteiger charge is 2.38. The Morgan fingerprint density at radius 1 is 1.30 bits per heavy atom. The number of carboxylic acids is 1. The zero-order valence-corrected chi connectivity index (χ0v) is 11.5. The number of aliphatic carboxylic acids is 1. The van der Waals surface area contributed by atoms with E-state index in [4.69, 9.17) is 5.11 Å². The van der Waals surface area contributed by atoms with E-state index in [2.05, 4.69) is 15.9 Å². The lowest BCUT2D eigenvalue weighted by molar-refractivity contribution is -0.146. The third kappa shape index (κ3) is 2.79. The van der Waals surface area contributed by atoms with E-state index in [1.54, 1.807) is 0 Å². The summed E-state index contributed by atoms with van der Waals surface area (Å²) in [6.45, 7) is 0.0389. The molecule has 4 nitrogen and oxygen atoms in total. The van der Waals surface area contributed by atoms with Gasteiger partial charge in [0, 0.05) is 23.1 Å². The van der Waals surface area contributed by atoms with Gasteiger partial charge in [0.25, 0.3) is 5.91 Å². The van der Waals surface area contributed by atoms with E-state index in [-0.39, 0.29) is 23.1 Å². The van der Waals surface area contributed by atoms with Gasteiger partial charge in [0.2, 0.25) is 0 Å². The lowest BCUT2D eigenvalue weighted by Gasteiger charge is -2.36. The molecular weight excluding hydrogens is 343 g/mol. The number of carboxylic acid groups (broad SMARTS) is 1. The van der Waals surface area contributed by atoms with Gasteiger partial charge in [-0.2, -0.15) is 13.2 Å². The molecule has 1 heterocycles. The number of amides is 1. The lowest BCUT2D eigenvalue weighted by Crippen LogP contribution is -2.53. The average molecular weight is 352 g/mol. The highest BCUT2D eigenvalue weighted by atomic mass is 79.9. The van der Waals surface area contributed by atoms with Gasteiger partial charge < -0.3 is 10.0 Å². The molecule has 1 aromatic rings. The Kier molecular flexibility index (Phi) is 3.77. The highest BCUT2D eigenvalue weighted by Crippen LogP contribution is 2.35. The van der Waals surface area contributed by atoms with Crippen LogP contribution in [0.15, 0.2) is 22.7 Å². The lowest BCUT2D eigenvalue weighted by atomic mass is 9.98. The minimum Gasteiger partial charge on any atom is -0.481 e. The molecule has 1 saturated heterocycles. The number of benzene rings is 1. The molecule has 1 N–H and O–H groups in total. The predicted octanol–water partition coefficient (Wildman–Crippen LogP) is 2.62. The van der Waals surface area contributed by atoms with Crippen molar-refractivity contribution in [2.75, 3.05) is 13.1 Å². The summed E-state index contributed by atoms with van der Waals surface area (Å²) in [6.07, 6.45) is -4.56. The van der Waals surface area contributed by atoms with Crippen molar-refractivity contribution in [3.05, 3.63) is 33.8 Å². The molecule has 1 aliphatic heterocycles. The van der Waals surface area contributed by atoms with Crippen molar-refractivity contribution in [3.8, 4) is 0 Å². The van der Waals surface area contributed by atoms with Crippen molar-refractivity contribution in [2.45, 2.75) is 6.18 Å². The Hall–Kier alpha value is -1.57. The van der Waals surface area contributed by atoms with Gasteiger partial charge in [0.15, 0.2) is 0 Å². The van der Waals surface area contributed by atoms with Crippen molar-refractivity contribution in [3.63, 3.8) is 0 Å². The first-order valence-electron chi connectivity index (χ1n) is 5.59. The number of carbonyl (C=O) groups is 2. The van der Waals surface area contributed by atoms with E-state index < -0.39 is 29.5 Å². The second kappa shape index (κ2) is 5.08. The van der Waals surface area contributed by atoms with Crippen LogP contribution in [-0.2, 0) is 11.0 Å². The maximum Gasteiger partial charge on any atom is 0.417 e. The molecule has 0 aliphatic carbocycles. The number of hydrogen-bond donors (Lipinski definition) is 1. The van der Waals surface area contributed by atoms with Gasteiger partial charge in [-0.25, -0.2) is 0 Å². The van der Waals surface area contributed by atoms with Gasteiger partial charge in [-0.15, -0.1) is 0 Å². The molecule has 0 aromatic heterocycles. The summed E-state index contributed by atoms with van der Waals surface area (Å²) < 4.78 is 38.0. The Balaban J connectivity index is 2.18. The molecule has 0 saturated carbocycles.